The van der Waals surface area contributed by atoms with Crippen LogP contribution in [0.4, 0.5) is 4.39 Å². The predicted molar refractivity (Wildman–Crippen MR) is 116 cm³/mol. The summed E-state index contributed by atoms with van der Waals surface area (Å²) >= 11 is 1.25. The Balaban J connectivity index is 1.31. The Bertz CT molecular complexity index is 1060. The second-order valence-corrected chi connectivity index (χ2v) is 8.14. The molecule has 2 amide bonds. The Kier molecular flexibility index (Phi) is 6.59. The Morgan fingerprint density at radius 1 is 1.06 bits per heavy atom. The van der Waals surface area contributed by atoms with Crippen LogP contribution in [0.3, 0.4) is 0 Å². The smallest absolute Gasteiger partial charge is 0.279 e. The average molecular weight is 440 g/mol. The molecule has 1 atom stereocenters. The summed E-state index contributed by atoms with van der Waals surface area (Å²) in [5.74, 6) is -0.636. The van der Waals surface area contributed by atoms with E-state index in [-0.39, 0.29) is 11.9 Å². The third-order valence-corrected chi connectivity index (χ3v) is 5.94. The fourth-order valence-electron chi connectivity index (χ4n) is 3.17. The number of rotatable bonds is 6. The predicted octanol–water partition coefficient (Wildman–Crippen LogP) is 4.19. The van der Waals surface area contributed by atoms with Gasteiger partial charge in [-0.05, 0) is 60.9 Å². The fraction of sp³-hybridized carbons (Fsp3) is 0.217. The Morgan fingerprint density at radius 2 is 1.87 bits per heavy atom. The number of hydrogen-bond acceptors (Lipinski definition) is 5. The van der Waals surface area contributed by atoms with Crippen molar-refractivity contribution in [3.63, 3.8) is 0 Å². The van der Waals surface area contributed by atoms with E-state index in [4.69, 9.17) is 9.47 Å². The molecule has 1 aliphatic rings. The van der Waals surface area contributed by atoms with E-state index in [0.717, 1.165) is 29.9 Å². The number of hydrogen-bond donors (Lipinski definition) is 2. The van der Waals surface area contributed by atoms with Gasteiger partial charge in [-0.25, -0.2) is 4.39 Å². The molecule has 6 nitrogen and oxygen atoms in total. The molecule has 2 N–H and O–H groups in total. The molecule has 0 bridgehead atoms. The lowest BCUT2D eigenvalue weighted by molar-refractivity contribution is 0.0679. The maximum Gasteiger partial charge on any atom is 0.279 e. The van der Waals surface area contributed by atoms with Crippen LogP contribution in [0.1, 0.15) is 32.9 Å². The number of amides is 2. The van der Waals surface area contributed by atoms with E-state index in [1.54, 1.807) is 48.5 Å². The third-order valence-electron chi connectivity index (χ3n) is 4.80. The van der Waals surface area contributed by atoms with E-state index in [1.165, 1.54) is 23.5 Å². The Labute approximate surface area is 183 Å². The van der Waals surface area contributed by atoms with Gasteiger partial charge in [-0.1, -0.05) is 18.2 Å². The van der Waals surface area contributed by atoms with E-state index in [9.17, 15) is 14.0 Å². The van der Waals surface area contributed by atoms with Crippen molar-refractivity contribution in [1.29, 1.82) is 0 Å². The summed E-state index contributed by atoms with van der Waals surface area (Å²) in [6.07, 6.45) is 2.09. The summed E-state index contributed by atoms with van der Waals surface area (Å²) in [4.78, 5) is 26.0. The summed E-state index contributed by atoms with van der Waals surface area (Å²) < 4.78 is 24.3. The van der Waals surface area contributed by atoms with Crippen molar-refractivity contribution in [2.45, 2.75) is 18.9 Å². The summed E-state index contributed by atoms with van der Waals surface area (Å²) in [5.41, 5.74) is 6.01. The molecule has 160 valence electrons. The standard InChI is InChI=1S/C23H21FN2O4S/c24-17-8-6-15(7-9-17)20-10-11-21(31-20)23(28)26-25-22(27)16-3-1-4-18(13-16)30-14-19-5-2-12-29-19/h1,3-4,6-11,13,19H,2,5,12,14H2,(H,25,27)(H,26,28). The first-order chi connectivity index (χ1) is 15.1. The first-order valence-electron chi connectivity index (χ1n) is 9.89. The van der Waals surface area contributed by atoms with E-state index < -0.39 is 11.8 Å². The van der Waals surface area contributed by atoms with E-state index in [0.29, 0.717) is 22.8 Å². The van der Waals surface area contributed by atoms with Crippen LogP contribution < -0.4 is 15.6 Å². The van der Waals surface area contributed by atoms with Crippen molar-refractivity contribution in [2.75, 3.05) is 13.2 Å². The summed E-state index contributed by atoms with van der Waals surface area (Å²) in [7, 11) is 0. The lowest BCUT2D eigenvalue weighted by atomic mass is 10.2. The number of benzene rings is 2. The van der Waals surface area contributed by atoms with Gasteiger partial charge in [0.1, 0.15) is 18.2 Å². The largest absolute Gasteiger partial charge is 0.491 e. The van der Waals surface area contributed by atoms with Crippen LogP contribution in [0.2, 0.25) is 0 Å². The zero-order valence-electron chi connectivity index (χ0n) is 16.6. The molecule has 0 aliphatic carbocycles. The number of hydrazine groups is 1. The fourth-order valence-corrected chi connectivity index (χ4v) is 4.08. The second kappa shape index (κ2) is 9.72. The van der Waals surface area contributed by atoms with Crippen molar-refractivity contribution in [3.05, 3.63) is 76.9 Å². The molecule has 0 spiro atoms. The van der Waals surface area contributed by atoms with Gasteiger partial charge in [0.15, 0.2) is 0 Å². The lowest BCUT2D eigenvalue weighted by Crippen LogP contribution is -2.41. The van der Waals surface area contributed by atoms with Gasteiger partial charge in [-0.3, -0.25) is 20.4 Å². The molecular weight excluding hydrogens is 419 g/mol. The van der Waals surface area contributed by atoms with Gasteiger partial charge in [0, 0.05) is 17.0 Å². The van der Waals surface area contributed by atoms with E-state index >= 15 is 0 Å². The lowest BCUT2D eigenvalue weighted by Gasteiger charge is -2.12. The van der Waals surface area contributed by atoms with Crippen LogP contribution in [0.15, 0.2) is 60.7 Å². The van der Waals surface area contributed by atoms with Crippen LogP contribution in [-0.2, 0) is 4.74 Å². The molecular formula is C23H21FN2O4S. The zero-order chi connectivity index (χ0) is 21.6. The quantitative estimate of drug-likeness (QED) is 0.564. The monoisotopic (exact) mass is 440 g/mol. The first kappa shape index (κ1) is 21.0. The minimum atomic E-state index is -0.453. The molecule has 1 unspecified atom stereocenters. The Hall–Kier alpha value is -3.23. The van der Waals surface area contributed by atoms with Crippen LogP contribution in [-0.4, -0.2) is 31.1 Å². The van der Waals surface area contributed by atoms with Gasteiger partial charge < -0.3 is 9.47 Å². The van der Waals surface area contributed by atoms with Crippen molar-refractivity contribution in [1.82, 2.24) is 10.9 Å². The van der Waals surface area contributed by atoms with Gasteiger partial charge in [0.05, 0.1) is 11.0 Å². The van der Waals surface area contributed by atoms with E-state index in [2.05, 4.69) is 10.9 Å². The van der Waals surface area contributed by atoms with Gasteiger partial charge in [0.25, 0.3) is 11.8 Å². The highest BCUT2D eigenvalue weighted by Gasteiger charge is 2.17. The number of thiophene rings is 1. The number of carbonyl (C=O) groups excluding carboxylic acids is 2. The number of nitrogens with one attached hydrogen (secondary N) is 2. The molecule has 8 heteroatoms. The first-order valence-corrected chi connectivity index (χ1v) is 10.7. The third kappa shape index (κ3) is 5.48. The molecule has 2 aromatic carbocycles. The maximum absolute atomic E-state index is 13.1. The summed E-state index contributed by atoms with van der Waals surface area (Å²) in [6.45, 7) is 1.20. The number of halogens is 1. The van der Waals surface area contributed by atoms with Gasteiger partial charge in [-0.15, -0.1) is 11.3 Å². The molecule has 2 heterocycles. The number of ether oxygens (including phenoxy) is 2. The second-order valence-electron chi connectivity index (χ2n) is 7.05. The molecule has 3 aromatic rings. The van der Waals surface area contributed by atoms with Gasteiger partial charge in [-0.2, -0.15) is 0 Å². The van der Waals surface area contributed by atoms with E-state index in [1.807, 2.05) is 0 Å². The van der Waals surface area contributed by atoms with Crippen LogP contribution >= 0.6 is 11.3 Å². The average Bonchev–Trinajstić information content (AvgIpc) is 3.49. The van der Waals surface area contributed by atoms with Crippen LogP contribution in [0.5, 0.6) is 5.75 Å². The van der Waals surface area contributed by atoms with Crippen LogP contribution in [0.25, 0.3) is 10.4 Å². The van der Waals surface area contributed by atoms with Crippen molar-refractivity contribution >= 4 is 23.2 Å². The van der Waals surface area contributed by atoms with Gasteiger partial charge >= 0.3 is 0 Å². The maximum atomic E-state index is 13.1. The normalized spacial score (nSPS) is 15.5. The molecule has 1 aromatic heterocycles. The van der Waals surface area contributed by atoms with Crippen molar-refractivity contribution < 1.29 is 23.5 Å². The minimum absolute atomic E-state index is 0.0855. The molecule has 31 heavy (non-hydrogen) atoms. The molecule has 1 fully saturated rings. The highest BCUT2D eigenvalue weighted by molar-refractivity contribution is 7.17. The molecule has 1 aliphatic heterocycles. The highest BCUT2D eigenvalue weighted by Crippen LogP contribution is 2.28. The minimum Gasteiger partial charge on any atom is -0.491 e. The molecule has 1 saturated heterocycles. The van der Waals surface area contributed by atoms with Gasteiger partial charge in [0.2, 0.25) is 0 Å². The SMILES string of the molecule is O=C(NNC(=O)c1ccc(-c2ccc(F)cc2)s1)c1cccc(OCC2CCCO2)c1. The summed E-state index contributed by atoms with van der Waals surface area (Å²) in [6, 6.07) is 16.2. The topological polar surface area (TPSA) is 76.7 Å². The number of carbonyl (C=O) groups is 2. The van der Waals surface area contributed by atoms with Crippen molar-refractivity contribution in [3.8, 4) is 16.2 Å². The van der Waals surface area contributed by atoms with Crippen LogP contribution in [0, 0.1) is 5.82 Å². The Morgan fingerprint density at radius 3 is 2.65 bits per heavy atom. The zero-order valence-corrected chi connectivity index (χ0v) is 17.4. The summed E-state index contributed by atoms with van der Waals surface area (Å²) in [5, 5.41) is 0. The van der Waals surface area contributed by atoms with Crippen molar-refractivity contribution in [2.24, 2.45) is 0 Å². The highest BCUT2D eigenvalue weighted by atomic mass is 32.1. The molecule has 0 radical (unpaired) electrons. The molecule has 4 rings (SSSR count). The molecule has 0 saturated carbocycles.